The van der Waals surface area contributed by atoms with Crippen molar-refractivity contribution in [2.45, 2.75) is 26.3 Å². The first-order valence-electron chi connectivity index (χ1n) is 8.30. The monoisotopic (exact) mass is 327 g/mol. The molecule has 4 nitrogen and oxygen atoms in total. The Kier molecular flexibility index (Phi) is 5.20. The molecule has 1 amide bonds. The molecule has 2 heterocycles. The number of rotatable bonds is 4. The number of carbonyl (C=O) groups is 1. The summed E-state index contributed by atoms with van der Waals surface area (Å²) in [5, 5.41) is 2.91. The van der Waals surface area contributed by atoms with Crippen molar-refractivity contribution in [2.75, 3.05) is 18.4 Å². The SMILES string of the molecule is Cc1ccnc(NC(=O)C2CCN(Cc3ccc(F)cc3)CC2)c1. The summed E-state index contributed by atoms with van der Waals surface area (Å²) < 4.78 is 12.9. The lowest BCUT2D eigenvalue weighted by atomic mass is 9.95. The standard InChI is InChI=1S/C19H22FN3O/c1-14-6-9-21-18(12-14)22-19(24)16-7-10-23(11-8-16)13-15-2-4-17(20)5-3-15/h2-6,9,12,16H,7-8,10-11,13H2,1H3,(H,21,22,24). The number of anilines is 1. The molecule has 0 radical (unpaired) electrons. The molecule has 3 rings (SSSR count). The van der Waals surface area contributed by atoms with Crippen LogP contribution in [-0.4, -0.2) is 28.9 Å². The number of nitrogens with zero attached hydrogens (tertiary/aromatic N) is 2. The third-order valence-corrected chi connectivity index (χ3v) is 4.44. The van der Waals surface area contributed by atoms with Crippen LogP contribution in [0.25, 0.3) is 0 Å². The summed E-state index contributed by atoms with van der Waals surface area (Å²) in [4.78, 5) is 18.9. The largest absolute Gasteiger partial charge is 0.310 e. The molecule has 1 N–H and O–H groups in total. The number of hydrogen-bond acceptors (Lipinski definition) is 3. The number of nitrogens with one attached hydrogen (secondary N) is 1. The smallest absolute Gasteiger partial charge is 0.228 e. The number of halogens is 1. The van der Waals surface area contributed by atoms with E-state index in [-0.39, 0.29) is 17.6 Å². The van der Waals surface area contributed by atoms with E-state index in [0.717, 1.165) is 43.6 Å². The van der Waals surface area contributed by atoms with Gasteiger partial charge in [0.25, 0.3) is 0 Å². The van der Waals surface area contributed by atoms with Crippen LogP contribution in [0, 0.1) is 18.7 Å². The highest BCUT2D eigenvalue weighted by atomic mass is 19.1. The first-order valence-corrected chi connectivity index (χ1v) is 8.30. The molecule has 1 aliphatic rings. The van der Waals surface area contributed by atoms with E-state index in [1.165, 1.54) is 12.1 Å². The van der Waals surface area contributed by atoms with Gasteiger partial charge < -0.3 is 5.32 Å². The average molecular weight is 327 g/mol. The van der Waals surface area contributed by atoms with Crippen LogP contribution >= 0.6 is 0 Å². The number of amides is 1. The molecule has 5 heteroatoms. The number of pyridine rings is 1. The van der Waals surface area contributed by atoms with Crippen molar-refractivity contribution in [1.29, 1.82) is 0 Å². The minimum atomic E-state index is -0.209. The van der Waals surface area contributed by atoms with Crippen molar-refractivity contribution in [3.63, 3.8) is 0 Å². The minimum Gasteiger partial charge on any atom is -0.310 e. The van der Waals surface area contributed by atoms with E-state index in [9.17, 15) is 9.18 Å². The predicted molar refractivity (Wildman–Crippen MR) is 92.0 cm³/mol. The maximum atomic E-state index is 12.9. The Labute approximate surface area is 141 Å². The average Bonchev–Trinajstić information content (AvgIpc) is 2.57. The number of aromatic nitrogens is 1. The molecular formula is C19H22FN3O. The van der Waals surface area contributed by atoms with Crippen molar-refractivity contribution in [1.82, 2.24) is 9.88 Å². The van der Waals surface area contributed by atoms with Crippen LogP contribution in [0.3, 0.4) is 0 Å². The van der Waals surface area contributed by atoms with Gasteiger partial charge in [0, 0.05) is 18.7 Å². The molecule has 0 saturated carbocycles. The molecule has 1 aromatic carbocycles. The molecule has 2 aromatic rings. The normalized spacial score (nSPS) is 16.1. The molecule has 0 atom stereocenters. The fourth-order valence-electron chi connectivity index (χ4n) is 3.03. The van der Waals surface area contributed by atoms with Crippen molar-refractivity contribution < 1.29 is 9.18 Å². The Bertz CT molecular complexity index is 694. The van der Waals surface area contributed by atoms with Crippen molar-refractivity contribution in [3.05, 3.63) is 59.5 Å². The molecule has 1 aromatic heterocycles. The van der Waals surface area contributed by atoms with Gasteiger partial charge in [-0.3, -0.25) is 9.69 Å². The van der Waals surface area contributed by atoms with E-state index in [1.54, 1.807) is 6.20 Å². The number of hydrogen-bond donors (Lipinski definition) is 1. The van der Waals surface area contributed by atoms with Gasteiger partial charge in [-0.05, 0) is 68.2 Å². The first-order chi connectivity index (χ1) is 11.6. The zero-order chi connectivity index (χ0) is 16.9. The van der Waals surface area contributed by atoms with Gasteiger partial charge in [0.15, 0.2) is 0 Å². The second-order valence-corrected chi connectivity index (χ2v) is 6.38. The summed E-state index contributed by atoms with van der Waals surface area (Å²) >= 11 is 0. The van der Waals surface area contributed by atoms with E-state index in [2.05, 4.69) is 15.2 Å². The summed E-state index contributed by atoms with van der Waals surface area (Å²) in [6.07, 6.45) is 3.37. The zero-order valence-electron chi connectivity index (χ0n) is 13.8. The number of carbonyl (C=O) groups excluding carboxylic acids is 1. The zero-order valence-corrected chi connectivity index (χ0v) is 13.8. The van der Waals surface area contributed by atoms with Crippen LogP contribution < -0.4 is 5.32 Å². The van der Waals surface area contributed by atoms with E-state index < -0.39 is 0 Å². The lowest BCUT2D eigenvalue weighted by molar-refractivity contribution is -0.121. The lowest BCUT2D eigenvalue weighted by Gasteiger charge is -2.31. The Morgan fingerprint density at radius 3 is 2.62 bits per heavy atom. The molecule has 0 bridgehead atoms. The maximum absolute atomic E-state index is 12.9. The summed E-state index contributed by atoms with van der Waals surface area (Å²) in [5.41, 5.74) is 2.18. The van der Waals surface area contributed by atoms with Gasteiger partial charge in [0.05, 0.1) is 0 Å². The molecule has 0 spiro atoms. The molecule has 24 heavy (non-hydrogen) atoms. The quantitative estimate of drug-likeness (QED) is 0.936. The molecule has 1 saturated heterocycles. The highest BCUT2D eigenvalue weighted by Gasteiger charge is 2.25. The summed E-state index contributed by atoms with van der Waals surface area (Å²) in [5.74, 6) is 0.485. The lowest BCUT2D eigenvalue weighted by Crippen LogP contribution is -2.37. The second kappa shape index (κ2) is 7.53. The first kappa shape index (κ1) is 16.6. The third-order valence-electron chi connectivity index (χ3n) is 4.44. The summed E-state index contributed by atoms with van der Waals surface area (Å²) in [6, 6.07) is 10.4. The molecule has 126 valence electrons. The number of piperidine rings is 1. The molecule has 0 unspecified atom stereocenters. The fourth-order valence-corrected chi connectivity index (χ4v) is 3.03. The summed E-state index contributed by atoms with van der Waals surface area (Å²) in [6.45, 7) is 4.52. The van der Waals surface area contributed by atoms with E-state index >= 15 is 0 Å². The molecule has 1 fully saturated rings. The Balaban J connectivity index is 1.49. The Morgan fingerprint density at radius 1 is 1.25 bits per heavy atom. The Hall–Kier alpha value is -2.27. The highest BCUT2D eigenvalue weighted by molar-refractivity contribution is 5.91. The predicted octanol–water partition coefficient (Wildman–Crippen LogP) is 3.38. The van der Waals surface area contributed by atoms with Gasteiger partial charge in [-0.2, -0.15) is 0 Å². The van der Waals surface area contributed by atoms with Gasteiger partial charge in [-0.25, -0.2) is 9.37 Å². The molecule has 0 aliphatic carbocycles. The summed E-state index contributed by atoms with van der Waals surface area (Å²) in [7, 11) is 0. The van der Waals surface area contributed by atoms with Crippen LogP contribution in [0.1, 0.15) is 24.0 Å². The van der Waals surface area contributed by atoms with Gasteiger partial charge in [0.2, 0.25) is 5.91 Å². The molecular weight excluding hydrogens is 305 g/mol. The van der Waals surface area contributed by atoms with Gasteiger partial charge in [-0.1, -0.05) is 12.1 Å². The molecule has 1 aliphatic heterocycles. The van der Waals surface area contributed by atoms with Gasteiger partial charge in [-0.15, -0.1) is 0 Å². The van der Waals surface area contributed by atoms with E-state index in [1.807, 2.05) is 31.2 Å². The van der Waals surface area contributed by atoms with Crippen molar-refractivity contribution in [2.24, 2.45) is 5.92 Å². The fraction of sp³-hybridized carbons (Fsp3) is 0.368. The van der Waals surface area contributed by atoms with Crippen molar-refractivity contribution in [3.8, 4) is 0 Å². The second-order valence-electron chi connectivity index (χ2n) is 6.38. The number of aryl methyl sites for hydroxylation is 1. The van der Waals surface area contributed by atoms with Crippen LogP contribution in [0.4, 0.5) is 10.2 Å². The van der Waals surface area contributed by atoms with Crippen LogP contribution in [0.5, 0.6) is 0 Å². The maximum Gasteiger partial charge on any atom is 0.228 e. The van der Waals surface area contributed by atoms with E-state index in [0.29, 0.717) is 5.82 Å². The Morgan fingerprint density at radius 2 is 1.96 bits per heavy atom. The third kappa shape index (κ3) is 4.38. The number of likely N-dealkylation sites (tertiary alicyclic amines) is 1. The minimum absolute atomic E-state index is 0.0248. The van der Waals surface area contributed by atoms with E-state index in [4.69, 9.17) is 0 Å². The highest BCUT2D eigenvalue weighted by Crippen LogP contribution is 2.21. The topological polar surface area (TPSA) is 45.2 Å². The van der Waals surface area contributed by atoms with Gasteiger partial charge in [0.1, 0.15) is 11.6 Å². The van der Waals surface area contributed by atoms with Crippen LogP contribution in [-0.2, 0) is 11.3 Å². The van der Waals surface area contributed by atoms with Crippen molar-refractivity contribution >= 4 is 11.7 Å². The number of benzene rings is 1. The van der Waals surface area contributed by atoms with Crippen LogP contribution in [0.15, 0.2) is 42.6 Å². The van der Waals surface area contributed by atoms with Gasteiger partial charge >= 0.3 is 0 Å². The van der Waals surface area contributed by atoms with Crippen LogP contribution in [0.2, 0.25) is 0 Å².